The molecular weight excluding hydrogens is 583 g/mol. The number of carbonyl (C=O) groups excluding carboxylic acids is 2. The Labute approximate surface area is 262 Å². The van der Waals surface area contributed by atoms with Crippen LogP contribution >= 0.6 is 0 Å². The third-order valence-corrected chi connectivity index (χ3v) is 8.93. The monoisotopic (exact) mass is 623 g/mol. The van der Waals surface area contributed by atoms with Crippen molar-refractivity contribution in [3.05, 3.63) is 76.7 Å². The number of halogens is 3. The first-order valence-electron chi connectivity index (χ1n) is 15.8. The van der Waals surface area contributed by atoms with E-state index in [2.05, 4.69) is 16.9 Å². The van der Waals surface area contributed by atoms with Gasteiger partial charge in [-0.3, -0.25) is 9.78 Å². The summed E-state index contributed by atoms with van der Waals surface area (Å²) < 4.78 is 53.4. The van der Waals surface area contributed by atoms with E-state index in [0.717, 1.165) is 69.5 Å². The summed E-state index contributed by atoms with van der Waals surface area (Å²) in [6, 6.07) is 10.7. The van der Waals surface area contributed by atoms with Crippen LogP contribution in [0.25, 0.3) is 0 Å². The van der Waals surface area contributed by atoms with Crippen molar-refractivity contribution in [1.29, 1.82) is 0 Å². The number of rotatable bonds is 8. The Morgan fingerprint density at radius 2 is 1.71 bits per heavy atom. The normalized spacial score (nSPS) is 19.2. The average Bonchev–Trinajstić information content (AvgIpc) is 3.02. The van der Waals surface area contributed by atoms with E-state index in [4.69, 9.17) is 9.47 Å². The Hall–Kier alpha value is -3.95. The smallest absolute Gasteiger partial charge is 0.421 e. The van der Waals surface area contributed by atoms with Gasteiger partial charge in [-0.05, 0) is 93.3 Å². The van der Waals surface area contributed by atoms with Gasteiger partial charge >= 0.3 is 12.1 Å². The lowest BCUT2D eigenvalue weighted by molar-refractivity contribution is -0.139. The number of esters is 1. The van der Waals surface area contributed by atoms with E-state index in [-0.39, 0.29) is 35.6 Å². The highest BCUT2D eigenvalue weighted by molar-refractivity contribution is 6.04. The van der Waals surface area contributed by atoms with Crippen LogP contribution in [0.2, 0.25) is 0 Å². The highest BCUT2D eigenvalue weighted by Crippen LogP contribution is 2.40. The number of hydrogen-bond donors (Lipinski definition) is 0. The maximum atomic E-state index is 14.2. The van der Waals surface area contributed by atoms with Crippen molar-refractivity contribution in [3.8, 4) is 11.6 Å². The molecule has 2 heterocycles. The molecule has 10 heteroatoms. The molecule has 7 nitrogen and oxygen atoms in total. The Bertz CT molecular complexity index is 1510. The fourth-order valence-electron chi connectivity index (χ4n) is 6.50. The standard InChI is InChI=1S/C35H40F3N3O4/c1-22-12-14-25(15-13-22)33(42)41(27-10-5-4-6-11-27)31-17-16-28(20-29(31)34(43)44-3)45-32-30(35(36,37)38)19-24(21-39-32)18-26-9-7-8-23(2)40-26/h7-9,16-17,19-22,25,27H,4-6,10-15,18H2,1-3H3. The molecule has 5 rings (SSSR count). The van der Waals surface area contributed by atoms with Crippen LogP contribution in [0.15, 0.2) is 48.7 Å². The predicted molar refractivity (Wildman–Crippen MR) is 164 cm³/mol. The molecule has 3 aromatic rings. The van der Waals surface area contributed by atoms with Gasteiger partial charge in [0.25, 0.3) is 0 Å². The third kappa shape index (κ3) is 7.83. The number of ether oxygens (including phenoxy) is 2. The molecule has 45 heavy (non-hydrogen) atoms. The van der Waals surface area contributed by atoms with Gasteiger partial charge < -0.3 is 14.4 Å². The van der Waals surface area contributed by atoms with E-state index in [1.807, 2.05) is 13.0 Å². The lowest BCUT2D eigenvalue weighted by Gasteiger charge is -2.38. The van der Waals surface area contributed by atoms with Crippen molar-refractivity contribution in [2.75, 3.05) is 12.0 Å². The number of aromatic nitrogens is 2. The summed E-state index contributed by atoms with van der Waals surface area (Å²) in [6.07, 6.45) is 4.97. The van der Waals surface area contributed by atoms with E-state index in [9.17, 15) is 22.8 Å². The lowest BCUT2D eigenvalue weighted by atomic mass is 9.81. The van der Waals surface area contributed by atoms with Crippen molar-refractivity contribution in [1.82, 2.24) is 9.97 Å². The number of carbonyl (C=O) groups is 2. The summed E-state index contributed by atoms with van der Waals surface area (Å²) in [5.74, 6) is -0.936. The third-order valence-electron chi connectivity index (χ3n) is 8.93. The van der Waals surface area contributed by atoms with Crippen LogP contribution in [0.1, 0.15) is 97.6 Å². The number of methoxy groups -OCH3 is 1. The molecule has 2 aliphatic rings. The van der Waals surface area contributed by atoms with Gasteiger partial charge in [-0.2, -0.15) is 13.2 Å². The van der Waals surface area contributed by atoms with Crippen LogP contribution in [-0.4, -0.2) is 35.0 Å². The van der Waals surface area contributed by atoms with Crippen molar-refractivity contribution in [3.63, 3.8) is 0 Å². The van der Waals surface area contributed by atoms with Gasteiger partial charge in [0, 0.05) is 36.0 Å². The number of pyridine rings is 2. The minimum Gasteiger partial charge on any atom is -0.465 e. The summed E-state index contributed by atoms with van der Waals surface area (Å²) >= 11 is 0. The van der Waals surface area contributed by atoms with Crippen molar-refractivity contribution in [2.45, 2.75) is 90.3 Å². The summed E-state index contributed by atoms with van der Waals surface area (Å²) in [4.78, 5) is 37.4. The van der Waals surface area contributed by atoms with Crippen molar-refractivity contribution in [2.24, 2.45) is 11.8 Å². The fourth-order valence-corrected chi connectivity index (χ4v) is 6.50. The molecule has 0 N–H and O–H groups in total. The van der Waals surface area contributed by atoms with Crippen molar-refractivity contribution < 1.29 is 32.2 Å². The minimum absolute atomic E-state index is 0.00710. The average molecular weight is 624 g/mol. The van der Waals surface area contributed by atoms with E-state index < -0.39 is 23.6 Å². The molecule has 2 saturated carbocycles. The number of benzene rings is 1. The molecule has 0 bridgehead atoms. The SMILES string of the molecule is COC(=O)c1cc(Oc2ncc(Cc3cccc(C)n3)cc2C(F)(F)F)ccc1N(C(=O)C1CCC(C)CC1)C1CCCCC1. The molecule has 1 aromatic carbocycles. The van der Waals surface area contributed by atoms with Gasteiger partial charge in [-0.25, -0.2) is 9.78 Å². The molecule has 1 amide bonds. The van der Waals surface area contributed by atoms with Gasteiger partial charge in [0.05, 0.1) is 18.4 Å². The highest BCUT2D eigenvalue weighted by atomic mass is 19.4. The molecule has 240 valence electrons. The number of aryl methyl sites for hydroxylation is 1. The van der Waals surface area contributed by atoms with Crippen LogP contribution in [0, 0.1) is 18.8 Å². The molecule has 2 fully saturated rings. The first-order chi connectivity index (χ1) is 21.5. The second-order valence-corrected chi connectivity index (χ2v) is 12.4. The topological polar surface area (TPSA) is 81.6 Å². The molecule has 0 saturated heterocycles. The highest BCUT2D eigenvalue weighted by Gasteiger charge is 2.37. The molecule has 2 aliphatic carbocycles. The molecule has 0 spiro atoms. The zero-order valence-corrected chi connectivity index (χ0v) is 26.0. The minimum atomic E-state index is -4.74. The van der Waals surface area contributed by atoms with Gasteiger partial charge in [0.1, 0.15) is 11.3 Å². The summed E-state index contributed by atoms with van der Waals surface area (Å²) in [6.45, 7) is 4.01. The Morgan fingerprint density at radius 3 is 2.38 bits per heavy atom. The maximum absolute atomic E-state index is 14.2. The van der Waals surface area contributed by atoms with Crippen LogP contribution in [-0.2, 0) is 22.1 Å². The number of hydrogen-bond acceptors (Lipinski definition) is 6. The van der Waals surface area contributed by atoms with Crippen LogP contribution < -0.4 is 9.64 Å². The van der Waals surface area contributed by atoms with E-state index in [0.29, 0.717) is 22.9 Å². The Balaban J connectivity index is 1.48. The van der Waals surface area contributed by atoms with Gasteiger partial charge in [0.2, 0.25) is 11.8 Å². The number of anilines is 1. The number of amides is 1. The lowest BCUT2D eigenvalue weighted by Crippen LogP contribution is -2.46. The fraction of sp³-hybridized carbons (Fsp3) is 0.486. The molecule has 0 atom stereocenters. The number of alkyl halides is 3. The molecule has 0 unspecified atom stereocenters. The van der Waals surface area contributed by atoms with E-state index in [1.54, 1.807) is 23.1 Å². The Kier molecular flexibility index (Phi) is 10.1. The van der Waals surface area contributed by atoms with E-state index in [1.165, 1.54) is 25.4 Å². The summed E-state index contributed by atoms with van der Waals surface area (Å²) in [7, 11) is 1.24. The zero-order chi connectivity index (χ0) is 32.1. The number of nitrogens with zero attached hydrogens (tertiary/aromatic N) is 3. The molecular formula is C35H40F3N3O4. The van der Waals surface area contributed by atoms with Gasteiger partial charge in [-0.1, -0.05) is 32.3 Å². The van der Waals surface area contributed by atoms with Crippen LogP contribution in [0.4, 0.5) is 18.9 Å². The maximum Gasteiger partial charge on any atom is 0.421 e. The van der Waals surface area contributed by atoms with Gasteiger partial charge in [0.15, 0.2) is 0 Å². The van der Waals surface area contributed by atoms with Crippen LogP contribution in [0.3, 0.4) is 0 Å². The Morgan fingerprint density at radius 1 is 0.978 bits per heavy atom. The molecule has 2 aromatic heterocycles. The van der Waals surface area contributed by atoms with E-state index >= 15 is 0 Å². The molecule has 0 radical (unpaired) electrons. The summed E-state index contributed by atoms with van der Waals surface area (Å²) in [5.41, 5.74) is 1.14. The van der Waals surface area contributed by atoms with Gasteiger partial charge in [-0.15, -0.1) is 0 Å². The predicted octanol–water partition coefficient (Wildman–Crippen LogP) is 8.47. The second-order valence-electron chi connectivity index (χ2n) is 12.4. The van der Waals surface area contributed by atoms with Crippen LogP contribution in [0.5, 0.6) is 11.6 Å². The first kappa shape index (κ1) is 32.4. The first-order valence-corrected chi connectivity index (χ1v) is 15.8. The van der Waals surface area contributed by atoms with Crippen molar-refractivity contribution >= 4 is 17.6 Å². The summed E-state index contributed by atoms with van der Waals surface area (Å²) in [5, 5.41) is 0. The molecule has 0 aliphatic heterocycles. The second kappa shape index (κ2) is 14.0. The zero-order valence-electron chi connectivity index (χ0n) is 26.0. The largest absolute Gasteiger partial charge is 0.465 e. The quantitative estimate of drug-likeness (QED) is 0.234.